The number of phosphoric acid groups is 2. The highest BCUT2D eigenvalue weighted by molar-refractivity contribution is 7.47. The largest absolute Gasteiger partial charge is 0.472 e. The van der Waals surface area contributed by atoms with Gasteiger partial charge >= 0.3 is 33.6 Å². The molecule has 0 saturated heterocycles. The highest BCUT2D eigenvalue weighted by Crippen LogP contribution is 2.45. The molecule has 0 aromatic heterocycles. The fourth-order valence-corrected chi connectivity index (χ4v) is 12.7. The standard InChI is InChI=1S/C87H150O16P2/c1-4-7-10-13-16-19-22-25-28-30-32-34-36-37-38-39-40-41-42-43-45-47-48-50-53-55-58-61-64-67-70-73-85(90)97-76-82(88)77-99-104(93,94)100-78-83(89)79-101-105(95,96)102-81-84(103-87(92)75-72-69-66-63-60-57-52-27-24-21-18-15-12-9-6-3)80-98-86(91)74-71-68-65-62-59-56-54-51-49-46-44-35-33-31-29-26-23-20-17-14-11-8-5-2/h7-8,10-11,16-17,19-20,25-26,28-29,32-35,37-38,40-41,46,49,82-84,88-89H,4-6,9,12-15,18,21-24,27,30-31,36,39,42-45,47-48,50-81H2,1-3H3,(H,93,94)(H,95,96)/b10-7-,11-8-,19-16-,20-17-,28-25-,29-26-,34-32-,35-33-,38-37-,41-40-,49-46-. The van der Waals surface area contributed by atoms with Crippen molar-refractivity contribution >= 4 is 33.6 Å². The van der Waals surface area contributed by atoms with Crippen molar-refractivity contribution in [2.75, 3.05) is 39.6 Å². The van der Waals surface area contributed by atoms with Gasteiger partial charge in [-0.1, -0.05) is 341 Å². The molecule has 0 spiro atoms. The second-order valence-corrected chi connectivity index (χ2v) is 30.4. The zero-order valence-electron chi connectivity index (χ0n) is 66.1. The average Bonchev–Trinajstić information content (AvgIpc) is 0.965. The molecule has 0 radical (unpaired) electrons. The first-order chi connectivity index (χ1) is 51.2. The Morgan fingerprint density at radius 2 is 0.505 bits per heavy atom. The lowest BCUT2D eigenvalue weighted by Crippen LogP contribution is -2.30. The second kappa shape index (κ2) is 79.2. The summed E-state index contributed by atoms with van der Waals surface area (Å²) >= 11 is 0. The first-order valence-corrected chi connectivity index (χ1v) is 44.5. The van der Waals surface area contributed by atoms with E-state index < -0.39 is 91.5 Å². The molecular formula is C87H150O16P2. The number of unbranched alkanes of at least 4 members (excludes halogenated alkanes) is 33. The Balaban J connectivity index is 4.51. The highest BCUT2D eigenvalue weighted by atomic mass is 31.2. The Labute approximate surface area is 639 Å². The summed E-state index contributed by atoms with van der Waals surface area (Å²) in [5.41, 5.74) is 0. The molecule has 0 aromatic rings. The van der Waals surface area contributed by atoms with E-state index in [1.807, 2.05) is 0 Å². The molecular weight excluding hydrogens is 1360 g/mol. The molecule has 0 bridgehead atoms. The summed E-state index contributed by atoms with van der Waals surface area (Å²) in [6.07, 6.45) is 96.4. The highest BCUT2D eigenvalue weighted by Gasteiger charge is 2.29. The maximum absolute atomic E-state index is 13.0. The first kappa shape index (κ1) is 101. The Morgan fingerprint density at radius 3 is 0.800 bits per heavy atom. The third-order valence-electron chi connectivity index (χ3n) is 17.4. The van der Waals surface area contributed by atoms with E-state index in [4.69, 9.17) is 32.3 Å². The number of carbonyl (C=O) groups is 3. The van der Waals surface area contributed by atoms with E-state index >= 15 is 0 Å². The maximum atomic E-state index is 13.0. The summed E-state index contributed by atoms with van der Waals surface area (Å²) in [5, 5.41) is 20.7. The van der Waals surface area contributed by atoms with Gasteiger partial charge in [0.2, 0.25) is 0 Å². The summed E-state index contributed by atoms with van der Waals surface area (Å²) in [4.78, 5) is 58.7. The maximum Gasteiger partial charge on any atom is 0.472 e. The van der Waals surface area contributed by atoms with Gasteiger partial charge < -0.3 is 34.2 Å². The Morgan fingerprint density at radius 1 is 0.276 bits per heavy atom. The van der Waals surface area contributed by atoms with Crippen LogP contribution in [0, 0.1) is 0 Å². The van der Waals surface area contributed by atoms with Gasteiger partial charge in [0.15, 0.2) is 6.10 Å². The van der Waals surface area contributed by atoms with Gasteiger partial charge in [-0.15, -0.1) is 0 Å². The molecule has 105 heavy (non-hydrogen) atoms. The van der Waals surface area contributed by atoms with Gasteiger partial charge in [0.25, 0.3) is 0 Å². The fraction of sp³-hybridized carbons (Fsp3) is 0.713. The summed E-state index contributed by atoms with van der Waals surface area (Å²) in [6, 6.07) is 0. The van der Waals surface area contributed by atoms with Crippen LogP contribution in [0.1, 0.15) is 342 Å². The van der Waals surface area contributed by atoms with Crippen LogP contribution in [0.2, 0.25) is 0 Å². The molecule has 0 aliphatic heterocycles. The molecule has 4 N–H and O–H groups in total. The molecule has 16 nitrogen and oxygen atoms in total. The van der Waals surface area contributed by atoms with Gasteiger partial charge in [-0.25, -0.2) is 9.13 Å². The summed E-state index contributed by atoms with van der Waals surface area (Å²) in [7, 11) is -9.79. The third kappa shape index (κ3) is 80.5. The number of rotatable bonds is 78. The molecule has 0 aliphatic carbocycles. The molecule has 0 aromatic carbocycles. The van der Waals surface area contributed by atoms with E-state index in [2.05, 4.69) is 154 Å². The number of ether oxygens (including phenoxy) is 3. The van der Waals surface area contributed by atoms with Gasteiger partial charge in [-0.3, -0.25) is 32.5 Å². The predicted molar refractivity (Wildman–Crippen MR) is 436 cm³/mol. The molecule has 0 amide bonds. The van der Waals surface area contributed by atoms with Crippen LogP contribution in [0.5, 0.6) is 0 Å². The summed E-state index contributed by atoms with van der Waals surface area (Å²) in [5.74, 6) is -1.58. The lowest BCUT2D eigenvalue weighted by molar-refractivity contribution is -0.161. The van der Waals surface area contributed by atoms with Crippen molar-refractivity contribution < 1.29 is 75.8 Å². The molecule has 604 valence electrons. The number of aliphatic hydroxyl groups excluding tert-OH is 2. The summed E-state index contributed by atoms with van der Waals surface area (Å²) < 4.78 is 61.2. The molecule has 5 atom stereocenters. The molecule has 18 heteroatoms. The minimum Gasteiger partial charge on any atom is -0.463 e. The molecule has 0 saturated carbocycles. The van der Waals surface area contributed by atoms with Crippen molar-refractivity contribution in [3.63, 3.8) is 0 Å². The van der Waals surface area contributed by atoms with Crippen molar-refractivity contribution in [3.05, 3.63) is 134 Å². The van der Waals surface area contributed by atoms with E-state index in [1.54, 1.807) is 0 Å². The number of phosphoric ester groups is 2. The predicted octanol–water partition coefficient (Wildman–Crippen LogP) is 24.7. The minimum atomic E-state index is -4.93. The van der Waals surface area contributed by atoms with Gasteiger partial charge in [0, 0.05) is 19.3 Å². The molecule has 0 rings (SSSR count). The fourth-order valence-electron chi connectivity index (χ4n) is 11.1. The van der Waals surface area contributed by atoms with Crippen molar-refractivity contribution in [1.82, 2.24) is 0 Å². The average molecular weight is 1510 g/mol. The van der Waals surface area contributed by atoms with E-state index in [-0.39, 0.29) is 19.3 Å². The molecule has 5 unspecified atom stereocenters. The van der Waals surface area contributed by atoms with E-state index in [0.717, 1.165) is 167 Å². The van der Waals surface area contributed by atoms with Gasteiger partial charge in [0.1, 0.15) is 25.4 Å². The van der Waals surface area contributed by atoms with Crippen LogP contribution < -0.4 is 0 Å². The summed E-state index contributed by atoms with van der Waals surface area (Å²) in [6.45, 7) is 2.48. The lowest BCUT2D eigenvalue weighted by atomic mass is 10.0. The number of esters is 3. The molecule has 0 aliphatic rings. The number of carbonyl (C=O) groups excluding carboxylic acids is 3. The first-order valence-electron chi connectivity index (χ1n) is 41.5. The van der Waals surface area contributed by atoms with E-state index in [9.17, 15) is 43.5 Å². The van der Waals surface area contributed by atoms with Crippen molar-refractivity contribution in [1.29, 1.82) is 0 Å². The van der Waals surface area contributed by atoms with Gasteiger partial charge in [-0.2, -0.15) is 0 Å². The zero-order chi connectivity index (χ0) is 76.6. The third-order valence-corrected chi connectivity index (χ3v) is 19.3. The van der Waals surface area contributed by atoms with Gasteiger partial charge in [0.05, 0.1) is 26.4 Å². The van der Waals surface area contributed by atoms with Crippen LogP contribution in [0.4, 0.5) is 0 Å². The van der Waals surface area contributed by atoms with Crippen LogP contribution in [0.3, 0.4) is 0 Å². The zero-order valence-corrected chi connectivity index (χ0v) is 67.9. The SMILES string of the molecule is CC/C=C\C/C=C\C/C=C\C/C=C\C/C=C\C/C=C\CCCCCCCCCCCCCCC(=O)OCC(O)COP(=O)(O)OCC(O)COP(=O)(O)OCC(COC(=O)CCCCCCCCC/C=C\C/C=C\C/C=C\C/C=C\C/C=C\CC)OC(=O)CCCCCCCCCCCCCCCCC. The van der Waals surface area contributed by atoms with Crippen LogP contribution in [0.15, 0.2) is 134 Å². The number of allylic oxidation sites excluding steroid dienone is 22. The van der Waals surface area contributed by atoms with E-state index in [0.29, 0.717) is 19.3 Å². The monoisotopic (exact) mass is 1510 g/mol. The smallest absolute Gasteiger partial charge is 0.463 e. The topological polar surface area (TPSA) is 231 Å². The number of hydrogen-bond donors (Lipinski definition) is 4. The Bertz CT molecular complexity index is 2440. The number of aliphatic hydroxyl groups is 2. The Hall–Kier alpha value is -4.31. The van der Waals surface area contributed by atoms with Crippen LogP contribution >= 0.6 is 15.6 Å². The normalized spacial score (nSPS) is 14.6. The lowest BCUT2D eigenvalue weighted by Gasteiger charge is -2.21. The van der Waals surface area contributed by atoms with E-state index in [1.165, 1.54) is 116 Å². The minimum absolute atomic E-state index is 0.104. The van der Waals surface area contributed by atoms with Crippen LogP contribution in [-0.2, 0) is 55.8 Å². The van der Waals surface area contributed by atoms with Crippen molar-refractivity contribution in [2.45, 2.75) is 360 Å². The van der Waals surface area contributed by atoms with Crippen molar-refractivity contribution in [3.8, 4) is 0 Å². The van der Waals surface area contributed by atoms with Crippen molar-refractivity contribution in [2.24, 2.45) is 0 Å². The van der Waals surface area contributed by atoms with Crippen LogP contribution in [0.25, 0.3) is 0 Å². The molecule has 0 fully saturated rings. The van der Waals surface area contributed by atoms with Crippen LogP contribution in [-0.4, -0.2) is 95.9 Å². The number of hydrogen-bond acceptors (Lipinski definition) is 14. The quantitative estimate of drug-likeness (QED) is 0.0146. The second-order valence-electron chi connectivity index (χ2n) is 27.5. The molecule has 0 heterocycles. The van der Waals surface area contributed by atoms with Gasteiger partial charge in [-0.05, 0) is 116 Å². The Kier molecular flexibility index (Phi) is 76.0.